The first kappa shape index (κ1) is 16.7. The number of amides is 1. The number of nitrogens with zero attached hydrogens (tertiary/aromatic N) is 3. The van der Waals surface area contributed by atoms with E-state index < -0.39 is 0 Å². The number of carbonyl (C=O) groups excluding carboxylic acids is 1. The van der Waals surface area contributed by atoms with Crippen molar-refractivity contribution in [3.8, 4) is 0 Å². The van der Waals surface area contributed by atoms with Crippen molar-refractivity contribution >= 4 is 17.0 Å². The Morgan fingerprint density at radius 3 is 2.92 bits per heavy atom. The topological polar surface area (TPSA) is 80.9 Å². The minimum Gasteiger partial charge on any atom is -0.344 e. The molecule has 134 valence electrons. The summed E-state index contributed by atoms with van der Waals surface area (Å²) in [5.41, 5.74) is 3.62. The predicted molar refractivity (Wildman–Crippen MR) is 97.9 cm³/mol. The number of hydrogen-bond acceptors (Lipinski definition) is 5. The molecule has 6 nitrogen and oxygen atoms in total. The number of rotatable bonds is 6. The summed E-state index contributed by atoms with van der Waals surface area (Å²) in [5, 5.41) is 7.95. The second-order valence-corrected chi connectivity index (χ2v) is 6.88. The highest BCUT2D eigenvalue weighted by molar-refractivity contribution is 6.06. The molecule has 1 aliphatic rings. The Morgan fingerprint density at radius 2 is 2.23 bits per heavy atom. The van der Waals surface area contributed by atoms with Crippen LogP contribution >= 0.6 is 0 Å². The van der Waals surface area contributed by atoms with Gasteiger partial charge in [0.15, 0.2) is 0 Å². The van der Waals surface area contributed by atoms with E-state index in [1.165, 1.54) is 0 Å². The average molecular weight is 350 g/mol. The van der Waals surface area contributed by atoms with E-state index in [9.17, 15) is 4.79 Å². The van der Waals surface area contributed by atoms with Crippen molar-refractivity contribution in [3.63, 3.8) is 0 Å². The van der Waals surface area contributed by atoms with Crippen molar-refractivity contribution < 1.29 is 9.32 Å². The van der Waals surface area contributed by atoms with Gasteiger partial charge in [0.25, 0.3) is 11.6 Å². The molecule has 1 N–H and O–H groups in total. The highest BCUT2D eigenvalue weighted by Crippen LogP contribution is 2.40. The molecule has 0 saturated heterocycles. The number of aryl methyl sites for hydroxylation is 1. The van der Waals surface area contributed by atoms with E-state index in [1.807, 2.05) is 31.2 Å². The van der Waals surface area contributed by atoms with Gasteiger partial charge in [-0.15, -0.1) is 0 Å². The molecule has 4 rings (SSSR count). The van der Waals surface area contributed by atoms with Gasteiger partial charge in [-0.1, -0.05) is 24.6 Å². The fourth-order valence-corrected chi connectivity index (χ4v) is 3.18. The summed E-state index contributed by atoms with van der Waals surface area (Å²) in [6, 6.07) is 7.41. The molecule has 1 aliphatic carbocycles. The molecular formula is C20H22N4O2. The molecule has 0 unspecified atom stereocenters. The molecule has 0 spiro atoms. The lowest BCUT2D eigenvalue weighted by atomic mass is 10.0. The Morgan fingerprint density at radius 1 is 1.38 bits per heavy atom. The van der Waals surface area contributed by atoms with Crippen LogP contribution in [-0.4, -0.2) is 21.0 Å². The summed E-state index contributed by atoms with van der Waals surface area (Å²) in [4.78, 5) is 22.0. The normalized spacial score (nSPS) is 15.2. The van der Waals surface area contributed by atoms with E-state index in [4.69, 9.17) is 4.52 Å². The molecule has 3 aromatic heterocycles. The number of fused-ring (bicyclic) bond motifs is 1. The standard InChI is InChI=1S/C20H22N4O2/c1-3-6-16-18-14(11-17(13-8-9-13)23-20(18)26-24-16)19(25)22-12(2)15-7-4-5-10-21-15/h4-5,7,10-13H,3,6,8-9H2,1-2H3,(H,22,25)/t12-/m1/s1. The lowest BCUT2D eigenvalue weighted by Gasteiger charge is -2.14. The molecule has 1 amide bonds. The van der Waals surface area contributed by atoms with Crippen molar-refractivity contribution in [3.05, 3.63) is 53.1 Å². The molecule has 1 saturated carbocycles. The third-order valence-electron chi connectivity index (χ3n) is 4.74. The lowest BCUT2D eigenvalue weighted by Crippen LogP contribution is -2.27. The van der Waals surface area contributed by atoms with Crippen LogP contribution in [0.25, 0.3) is 11.1 Å². The second-order valence-electron chi connectivity index (χ2n) is 6.88. The van der Waals surface area contributed by atoms with Crippen LogP contribution in [0.15, 0.2) is 35.0 Å². The van der Waals surface area contributed by atoms with E-state index in [0.29, 0.717) is 17.2 Å². The highest BCUT2D eigenvalue weighted by atomic mass is 16.5. The fraction of sp³-hybridized carbons (Fsp3) is 0.400. The van der Waals surface area contributed by atoms with E-state index >= 15 is 0 Å². The van der Waals surface area contributed by atoms with Gasteiger partial charge < -0.3 is 9.84 Å². The van der Waals surface area contributed by atoms with Crippen LogP contribution < -0.4 is 5.32 Å². The van der Waals surface area contributed by atoms with Gasteiger partial charge in [0.2, 0.25) is 0 Å². The summed E-state index contributed by atoms with van der Waals surface area (Å²) in [7, 11) is 0. The predicted octanol–water partition coefficient (Wildman–Crippen LogP) is 3.94. The van der Waals surface area contributed by atoms with Gasteiger partial charge in [-0.05, 0) is 44.4 Å². The summed E-state index contributed by atoms with van der Waals surface area (Å²) in [6.07, 6.45) is 5.64. The van der Waals surface area contributed by atoms with Crippen LogP contribution in [0.5, 0.6) is 0 Å². The summed E-state index contributed by atoms with van der Waals surface area (Å²) in [6.45, 7) is 4.01. The molecular weight excluding hydrogens is 328 g/mol. The van der Waals surface area contributed by atoms with E-state index in [1.54, 1.807) is 6.20 Å². The van der Waals surface area contributed by atoms with Crippen LogP contribution in [0.1, 0.15) is 72.5 Å². The summed E-state index contributed by atoms with van der Waals surface area (Å²) < 4.78 is 5.45. The number of carbonyl (C=O) groups is 1. The third kappa shape index (κ3) is 3.19. The molecule has 0 aliphatic heterocycles. The van der Waals surface area contributed by atoms with Crippen LogP contribution in [-0.2, 0) is 6.42 Å². The first-order valence-corrected chi connectivity index (χ1v) is 9.18. The number of aromatic nitrogens is 3. The molecule has 3 aromatic rings. The minimum atomic E-state index is -0.189. The molecule has 0 radical (unpaired) electrons. The zero-order valence-corrected chi connectivity index (χ0v) is 15.0. The highest BCUT2D eigenvalue weighted by Gasteiger charge is 2.29. The Labute approximate surface area is 152 Å². The van der Waals surface area contributed by atoms with Crippen LogP contribution in [0.2, 0.25) is 0 Å². The Bertz CT molecular complexity index is 932. The van der Waals surface area contributed by atoms with Gasteiger partial charge in [0.1, 0.15) is 0 Å². The van der Waals surface area contributed by atoms with Gasteiger partial charge >= 0.3 is 0 Å². The molecule has 3 heterocycles. The van der Waals surface area contributed by atoms with Gasteiger partial charge in [0.05, 0.1) is 28.4 Å². The van der Waals surface area contributed by atoms with Crippen molar-refractivity contribution in [2.24, 2.45) is 0 Å². The zero-order chi connectivity index (χ0) is 18.1. The smallest absolute Gasteiger partial charge is 0.259 e. The van der Waals surface area contributed by atoms with Crippen molar-refractivity contribution in [2.45, 2.75) is 51.5 Å². The maximum Gasteiger partial charge on any atom is 0.259 e. The maximum atomic E-state index is 13.1. The SMILES string of the molecule is CCCc1noc2nc(C3CC3)cc(C(=O)N[C@H](C)c3ccccn3)c12. The van der Waals surface area contributed by atoms with Crippen molar-refractivity contribution in [1.82, 2.24) is 20.4 Å². The largest absolute Gasteiger partial charge is 0.344 e. The number of nitrogens with one attached hydrogen (secondary N) is 1. The van der Waals surface area contributed by atoms with Crippen molar-refractivity contribution in [1.29, 1.82) is 0 Å². The number of hydrogen-bond donors (Lipinski definition) is 1. The quantitative estimate of drug-likeness (QED) is 0.728. The Kier molecular flexibility index (Phi) is 4.41. The van der Waals surface area contributed by atoms with Gasteiger partial charge in [-0.25, -0.2) is 4.98 Å². The van der Waals surface area contributed by atoms with Crippen LogP contribution in [0.3, 0.4) is 0 Å². The fourth-order valence-electron chi connectivity index (χ4n) is 3.18. The van der Waals surface area contributed by atoms with Crippen molar-refractivity contribution in [2.75, 3.05) is 0 Å². The third-order valence-corrected chi connectivity index (χ3v) is 4.74. The first-order valence-electron chi connectivity index (χ1n) is 9.18. The van der Waals surface area contributed by atoms with Gasteiger partial charge in [-0.3, -0.25) is 9.78 Å². The number of pyridine rings is 2. The van der Waals surface area contributed by atoms with Crippen LogP contribution in [0.4, 0.5) is 0 Å². The first-order chi connectivity index (χ1) is 12.7. The molecule has 0 bridgehead atoms. The Balaban J connectivity index is 1.71. The van der Waals surface area contributed by atoms with E-state index in [0.717, 1.165) is 48.2 Å². The summed E-state index contributed by atoms with van der Waals surface area (Å²) >= 11 is 0. The van der Waals surface area contributed by atoms with E-state index in [2.05, 4.69) is 27.4 Å². The second kappa shape index (κ2) is 6.86. The van der Waals surface area contributed by atoms with Crippen LogP contribution in [0, 0.1) is 0 Å². The molecule has 26 heavy (non-hydrogen) atoms. The van der Waals surface area contributed by atoms with Gasteiger partial charge in [0, 0.05) is 17.8 Å². The van der Waals surface area contributed by atoms with Gasteiger partial charge in [-0.2, -0.15) is 0 Å². The molecule has 6 heteroatoms. The minimum absolute atomic E-state index is 0.141. The summed E-state index contributed by atoms with van der Waals surface area (Å²) in [5.74, 6) is 0.289. The molecule has 1 fully saturated rings. The van der Waals surface area contributed by atoms with E-state index in [-0.39, 0.29) is 11.9 Å². The Hall–Kier alpha value is -2.76. The lowest BCUT2D eigenvalue weighted by molar-refractivity contribution is 0.0940. The molecule has 0 aromatic carbocycles. The monoisotopic (exact) mass is 350 g/mol. The molecule has 1 atom stereocenters. The maximum absolute atomic E-state index is 13.1. The zero-order valence-electron chi connectivity index (χ0n) is 15.0. The average Bonchev–Trinajstić information content (AvgIpc) is 3.44.